The van der Waals surface area contributed by atoms with Crippen molar-refractivity contribution in [2.24, 2.45) is 0 Å². The molecule has 0 radical (unpaired) electrons. The van der Waals surface area contributed by atoms with E-state index in [0.29, 0.717) is 0 Å². The fourth-order valence-corrected chi connectivity index (χ4v) is 2.30. The summed E-state index contributed by atoms with van der Waals surface area (Å²) >= 11 is 0. The number of rotatable bonds is 2. The average Bonchev–Trinajstić information content (AvgIpc) is 2.28. The van der Waals surface area contributed by atoms with E-state index in [0.717, 1.165) is 30.5 Å². The molecule has 0 fully saturated rings. The molecule has 1 aromatic carbocycles. The van der Waals surface area contributed by atoms with E-state index in [4.69, 9.17) is 5.11 Å². The van der Waals surface area contributed by atoms with Gasteiger partial charge in [0.25, 0.3) is 0 Å². The first-order valence-electron chi connectivity index (χ1n) is 5.83. The summed E-state index contributed by atoms with van der Waals surface area (Å²) in [6, 6.07) is 6.19. The number of hydrogen-bond donors (Lipinski definition) is 1. The van der Waals surface area contributed by atoms with E-state index in [1.807, 2.05) is 13.0 Å². The van der Waals surface area contributed by atoms with Gasteiger partial charge in [-0.25, -0.2) is 4.79 Å². The molecule has 3 heteroatoms. The maximum absolute atomic E-state index is 10.6. The van der Waals surface area contributed by atoms with Gasteiger partial charge in [0.15, 0.2) is 0 Å². The Balaban J connectivity index is 2.36. The number of carbonyl (C=O) groups is 1. The summed E-state index contributed by atoms with van der Waals surface area (Å²) in [5, 5.41) is 8.74. The van der Waals surface area contributed by atoms with Crippen LogP contribution in [-0.2, 0) is 11.2 Å². The highest BCUT2D eigenvalue weighted by atomic mass is 16.4. The minimum Gasteiger partial charge on any atom is -0.478 e. The van der Waals surface area contributed by atoms with Gasteiger partial charge in [-0.05, 0) is 48.6 Å². The van der Waals surface area contributed by atoms with Crippen LogP contribution in [0.1, 0.15) is 24.5 Å². The Hall–Kier alpha value is -1.77. The number of benzene rings is 1. The molecule has 1 aliphatic heterocycles. The molecule has 2 rings (SSSR count). The summed E-state index contributed by atoms with van der Waals surface area (Å²) in [5.41, 5.74) is 4.38. The quantitative estimate of drug-likeness (QED) is 0.795. The van der Waals surface area contributed by atoms with Crippen LogP contribution in [0.15, 0.2) is 24.3 Å². The van der Waals surface area contributed by atoms with Gasteiger partial charge in [-0.3, -0.25) is 0 Å². The van der Waals surface area contributed by atoms with Crippen LogP contribution in [0.5, 0.6) is 0 Å². The van der Waals surface area contributed by atoms with E-state index in [-0.39, 0.29) is 0 Å². The van der Waals surface area contributed by atoms with Crippen molar-refractivity contribution in [3.05, 3.63) is 35.4 Å². The molecule has 0 spiro atoms. The topological polar surface area (TPSA) is 40.5 Å². The van der Waals surface area contributed by atoms with E-state index in [9.17, 15) is 4.79 Å². The molecule has 1 N–H and O–H groups in total. The fraction of sp³-hybridized carbons (Fsp3) is 0.357. The van der Waals surface area contributed by atoms with E-state index < -0.39 is 5.97 Å². The van der Waals surface area contributed by atoms with Crippen molar-refractivity contribution in [2.45, 2.75) is 19.8 Å². The molecule has 90 valence electrons. The molecule has 0 aliphatic carbocycles. The highest BCUT2D eigenvalue weighted by molar-refractivity contribution is 5.89. The fourth-order valence-electron chi connectivity index (χ4n) is 2.30. The highest BCUT2D eigenvalue weighted by Gasteiger charge is 2.14. The number of nitrogens with zero attached hydrogens (tertiary/aromatic N) is 1. The Morgan fingerprint density at radius 3 is 2.94 bits per heavy atom. The molecule has 0 unspecified atom stereocenters. The van der Waals surface area contributed by atoms with Gasteiger partial charge in [-0.1, -0.05) is 6.07 Å². The van der Waals surface area contributed by atoms with Crippen molar-refractivity contribution < 1.29 is 9.90 Å². The number of aryl methyl sites for hydroxylation is 1. The Labute approximate surface area is 101 Å². The third-order valence-electron chi connectivity index (χ3n) is 3.23. The second kappa shape index (κ2) is 4.62. The molecule has 0 saturated heterocycles. The minimum absolute atomic E-state index is 0.800. The normalized spacial score (nSPS) is 15.6. The zero-order valence-corrected chi connectivity index (χ0v) is 10.2. The standard InChI is InChI=1S/C14H17NO2/c1-10(8-14(16)17)11-5-6-13-12(9-11)4-3-7-15(13)2/h5-6,8-9H,3-4,7H2,1-2H3,(H,16,17)/b10-8-. The van der Waals surface area contributed by atoms with E-state index in [2.05, 4.69) is 24.1 Å². The number of allylic oxidation sites excluding steroid dienone is 1. The van der Waals surface area contributed by atoms with Gasteiger partial charge < -0.3 is 10.0 Å². The summed E-state index contributed by atoms with van der Waals surface area (Å²) in [7, 11) is 2.09. The average molecular weight is 231 g/mol. The van der Waals surface area contributed by atoms with Crippen LogP contribution in [0, 0.1) is 0 Å². The van der Waals surface area contributed by atoms with Crippen molar-refractivity contribution in [1.82, 2.24) is 0 Å². The number of aliphatic carboxylic acids is 1. The molecule has 0 saturated carbocycles. The third-order valence-corrected chi connectivity index (χ3v) is 3.23. The largest absolute Gasteiger partial charge is 0.478 e. The lowest BCUT2D eigenvalue weighted by Gasteiger charge is -2.27. The van der Waals surface area contributed by atoms with E-state index in [1.54, 1.807) is 0 Å². The zero-order chi connectivity index (χ0) is 12.4. The molecule has 1 aliphatic rings. The molecule has 1 heterocycles. The Kier molecular flexibility index (Phi) is 3.18. The first-order chi connectivity index (χ1) is 8.08. The van der Waals surface area contributed by atoms with Crippen molar-refractivity contribution in [1.29, 1.82) is 0 Å². The predicted molar refractivity (Wildman–Crippen MR) is 69.3 cm³/mol. The van der Waals surface area contributed by atoms with Crippen LogP contribution in [-0.4, -0.2) is 24.7 Å². The predicted octanol–water partition coefficient (Wildman–Crippen LogP) is 2.56. The summed E-state index contributed by atoms with van der Waals surface area (Å²) in [6.45, 7) is 2.93. The van der Waals surface area contributed by atoms with Crippen LogP contribution in [0.3, 0.4) is 0 Å². The van der Waals surface area contributed by atoms with Crippen LogP contribution in [0.2, 0.25) is 0 Å². The lowest BCUT2D eigenvalue weighted by Crippen LogP contribution is -2.24. The molecule has 3 nitrogen and oxygen atoms in total. The second-order valence-corrected chi connectivity index (χ2v) is 4.53. The molecule has 0 bridgehead atoms. The molecule has 0 amide bonds. The summed E-state index contributed by atoms with van der Waals surface area (Å²) in [6.07, 6.45) is 3.50. The Bertz CT molecular complexity index is 477. The number of carboxylic acids is 1. The van der Waals surface area contributed by atoms with Crippen molar-refractivity contribution in [3.63, 3.8) is 0 Å². The second-order valence-electron chi connectivity index (χ2n) is 4.53. The zero-order valence-electron chi connectivity index (χ0n) is 10.2. The van der Waals surface area contributed by atoms with E-state index >= 15 is 0 Å². The van der Waals surface area contributed by atoms with Crippen LogP contribution >= 0.6 is 0 Å². The lowest BCUT2D eigenvalue weighted by atomic mass is 9.97. The third kappa shape index (κ3) is 2.49. The van der Waals surface area contributed by atoms with Crippen molar-refractivity contribution >= 4 is 17.2 Å². The molecule has 1 aromatic rings. The van der Waals surface area contributed by atoms with Crippen LogP contribution in [0.4, 0.5) is 5.69 Å². The highest BCUT2D eigenvalue weighted by Crippen LogP contribution is 2.28. The van der Waals surface area contributed by atoms with E-state index in [1.165, 1.54) is 17.3 Å². The SMILES string of the molecule is C/C(=C/C(=O)O)c1ccc2c(c1)CCCN2C. The summed E-state index contributed by atoms with van der Waals surface area (Å²) < 4.78 is 0. The van der Waals surface area contributed by atoms with Gasteiger partial charge in [0.2, 0.25) is 0 Å². The Morgan fingerprint density at radius 2 is 2.24 bits per heavy atom. The summed E-state index contributed by atoms with van der Waals surface area (Å²) in [4.78, 5) is 12.9. The van der Waals surface area contributed by atoms with Gasteiger partial charge in [0.1, 0.15) is 0 Å². The molecule has 17 heavy (non-hydrogen) atoms. The first-order valence-corrected chi connectivity index (χ1v) is 5.83. The smallest absolute Gasteiger partial charge is 0.328 e. The molecular weight excluding hydrogens is 214 g/mol. The van der Waals surface area contributed by atoms with Gasteiger partial charge in [0, 0.05) is 25.4 Å². The van der Waals surface area contributed by atoms with Crippen molar-refractivity contribution in [3.8, 4) is 0 Å². The summed E-state index contributed by atoms with van der Waals surface area (Å²) in [5.74, 6) is -0.891. The van der Waals surface area contributed by atoms with Crippen LogP contribution < -0.4 is 4.90 Å². The van der Waals surface area contributed by atoms with Crippen molar-refractivity contribution in [2.75, 3.05) is 18.5 Å². The molecular formula is C14H17NO2. The maximum atomic E-state index is 10.6. The minimum atomic E-state index is -0.891. The van der Waals surface area contributed by atoms with Gasteiger partial charge in [-0.2, -0.15) is 0 Å². The first kappa shape index (κ1) is 11.7. The number of carboxylic acid groups (broad SMARTS) is 1. The lowest BCUT2D eigenvalue weighted by molar-refractivity contribution is -0.131. The van der Waals surface area contributed by atoms with Gasteiger partial charge in [0.05, 0.1) is 0 Å². The number of fused-ring (bicyclic) bond motifs is 1. The Morgan fingerprint density at radius 1 is 1.47 bits per heavy atom. The van der Waals surface area contributed by atoms with Gasteiger partial charge >= 0.3 is 5.97 Å². The molecule has 0 aromatic heterocycles. The maximum Gasteiger partial charge on any atom is 0.328 e. The van der Waals surface area contributed by atoms with Gasteiger partial charge in [-0.15, -0.1) is 0 Å². The van der Waals surface area contributed by atoms with Crippen LogP contribution in [0.25, 0.3) is 5.57 Å². The molecule has 0 atom stereocenters. The number of anilines is 1. The monoisotopic (exact) mass is 231 g/mol. The number of hydrogen-bond acceptors (Lipinski definition) is 2.